The molecule has 0 bridgehead atoms. The lowest BCUT2D eigenvalue weighted by Gasteiger charge is -2.47. The monoisotopic (exact) mass is 434 g/mol. The Kier molecular flexibility index (Phi) is 6.83. The van der Waals surface area contributed by atoms with Gasteiger partial charge in [-0.15, -0.1) is 0 Å². The quantitative estimate of drug-likeness (QED) is 0.678. The van der Waals surface area contributed by atoms with Crippen molar-refractivity contribution in [2.75, 3.05) is 7.11 Å². The normalized spacial score (nSPS) is 22.2. The second kappa shape index (κ2) is 9.76. The number of ether oxygens (including phenoxy) is 1. The van der Waals surface area contributed by atoms with Gasteiger partial charge in [0.05, 0.1) is 19.1 Å². The number of nitrogens with one attached hydrogen (secondary N) is 1. The molecule has 32 heavy (non-hydrogen) atoms. The molecule has 1 fully saturated rings. The van der Waals surface area contributed by atoms with E-state index >= 15 is 0 Å². The maximum absolute atomic E-state index is 13.8. The first-order valence-corrected chi connectivity index (χ1v) is 11.9. The number of nitrogens with zero attached hydrogens (tertiary/aromatic N) is 1. The molecule has 1 saturated carbocycles. The van der Waals surface area contributed by atoms with Crippen LogP contribution in [0.4, 0.5) is 0 Å². The highest BCUT2D eigenvalue weighted by atomic mass is 16.5. The van der Waals surface area contributed by atoms with Crippen LogP contribution in [-0.4, -0.2) is 35.9 Å². The highest BCUT2D eigenvalue weighted by Gasteiger charge is 2.46. The van der Waals surface area contributed by atoms with Crippen molar-refractivity contribution in [1.82, 2.24) is 10.2 Å². The molecule has 0 spiro atoms. The molecule has 2 aromatic carbocycles. The van der Waals surface area contributed by atoms with E-state index in [-0.39, 0.29) is 29.9 Å². The molecule has 1 aliphatic heterocycles. The molecule has 5 heteroatoms. The van der Waals surface area contributed by atoms with Crippen LogP contribution in [0, 0.1) is 0 Å². The molecule has 4 rings (SSSR count). The highest BCUT2D eigenvalue weighted by molar-refractivity contribution is 6.01. The number of benzene rings is 2. The molecule has 1 N–H and O–H groups in total. The van der Waals surface area contributed by atoms with Crippen molar-refractivity contribution < 1.29 is 14.3 Å². The van der Waals surface area contributed by atoms with Gasteiger partial charge in [0.25, 0.3) is 5.91 Å². The number of hydrogen-bond acceptors (Lipinski definition) is 3. The molecule has 0 saturated heterocycles. The van der Waals surface area contributed by atoms with Gasteiger partial charge in [0.1, 0.15) is 5.75 Å². The summed E-state index contributed by atoms with van der Waals surface area (Å²) < 4.78 is 5.36. The first-order valence-electron chi connectivity index (χ1n) is 11.9. The minimum absolute atomic E-state index is 0.0130. The van der Waals surface area contributed by atoms with E-state index < -0.39 is 5.92 Å². The number of methoxy groups -OCH3 is 1. The van der Waals surface area contributed by atoms with Crippen LogP contribution in [0.15, 0.2) is 48.5 Å². The standard InChI is InChI=1S/C27H34N2O3/c1-4-18(2)28-26(30)24-22-12-8-9-13-23(22)27(31)29(20-10-6-5-7-11-20)25(24)19-14-16-21(32-3)17-15-19/h8-9,12-18,20,24-25H,4-7,10-11H2,1-3H3,(H,28,30)/t18-,24+,25-/m0/s1. The zero-order valence-corrected chi connectivity index (χ0v) is 19.3. The van der Waals surface area contributed by atoms with Gasteiger partial charge in [0.2, 0.25) is 5.91 Å². The van der Waals surface area contributed by atoms with Crippen LogP contribution >= 0.6 is 0 Å². The Balaban J connectivity index is 1.86. The summed E-state index contributed by atoms with van der Waals surface area (Å²) in [5, 5.41) is 3.20. The van der Waals surface area contributed by atoms with Crippen molar-refractivity contribution in [2.24, 2.45) is 0 Å². The van der Waals surface area contributed by atoms with Crippen LogP contribution in [0.5, 0.6) is 5.75 Å². The van der Waals surface area contributed by atoms with E-state index in [1.165, 1.54) is 6.42 Å². The van der Waals surface area contributed by atoms with E-state index in [1.54, 1.807) is 7.11 Å². The maximum Gasteiger partial charge on any atom is 0.254 e. The Bertz CT molecular complexity index is 950. The topological polar surface area (TPSA) is 58.6 Å². The predicted octanol–water partition coefficient (Wildman–Crippen LogP) is 5.22. The van der Waals surface area contributed by atoms with Gasteiger partial charge in [-0.05, 0) is 55.5 Å². The summed E-state index contributed by atoms with van der Waals surface area (Å²) >= 11 is 0. The van der Waals surface area contributed by atoms with Crippen molar-refractivity contribution in [1.29, 1.82) is 0 Å². The van der Waals surface area contributed by atoms with E-state index in [9.17, 15) is 9.59 Å². The molecule has 2 amide bonds. The molecule has 170 valence electrons. The van der Waals surface area contributed by atoms with Crippen molar-refractivity contribution in [2.45, 2.75) is 76.4 Å². The second-order valence-corrected chi connectivity index (χ2v) is 9.11. The molecule has 0 radical (unpaired) electrons. The highest BCUT2D eigenvalue weighted by Crippen LogP contribution is 2.46. The van der Waals surface area contributed by atoms with E-state index in [0.717, 1.165) is 49.0 Å². The van der Waals surface area contributed by atoms with Crippen LogP contribution in [0.25, 0.3) is 0 Å². The summed E-state index contributed by atoms with van der Waals surface area (Å²) in [6, 6.07) is 15.4. The minimum atomic E-state index is -0.451. The Labute approximate surface area is 191 Å². The van der Waals surface area contributed by atoms with Crippen LogP contribution < -0.4 is 10.1 Å². The largest absolute Gasteiger partial charge is 0.497 e. The zero-order chi connectivity index (χ0) is 22.7. The third-order valence-corrected chi connectivity index (χ3v) is 7.09. The molecule has 2 aliphatic rings. The molecule has 0 aromatic heterocycles. The lowest BCUT2D eigenvalue weighted by Crippen LogP contribution is -2.52. The van der Waals surface area contributed by atoms with E-state index in [0.29, 0.717) is 5.56 Å². The number of fused-ring (bicyclic) bond motifs is 1. The Morgan fingerprint density at radius 3 is 2.44 bits per heavy atom. The first-order chi connectivity index (χ1) is 15.5. The van der Waals surface area contributed by atoms with E-state index in [1.807, 2.05) is 60.4 Å². The number of carbonyl (C=O) groups excluding carboxylic acids is 2. The van der Waals surface area contributed by atoms with Crippen molar-refractivity contribution in [3.8, 4) is 5.75 Å². The molecule has 1 heterocycles. The molecular formula is C27H34N2O3. The average Bonchev–Trinajstić information content (AvgIpc) is 2.84. The Morgan fingerprint density at radius 2 is 1.78 bits per heavy atom. The van der Waals surface area contributed by atoms with Gasteiger partial charge in [-0.1, -0.05) is 56.5 Å². The zero-order valence-electron chi connectivity index (χ0n) is 19.3. The second-order valence-electron chi connectivity index (χ2n) is 9.11. The molecule has 2 aromatic rings. The van der Waals surface area contributed by atoms with Crippen molar-refractivity contribution in [3.05, 3.63) is 65.2 Å². The van der Waals surface area contributed by atoms with Gasteiger partial charge in [0.15, 0.2) is 0 Å². The number of hydrogen-bond donors (Lipinski definition) is 1. The molecular weight excluding hydrogens is 400 g/mol. The summed E-state index contributed by atoms with van der Waals surface area (Å²) in [5.74, 6) is 0.344. The fourth-order valence-electron chi connectivity index (χ4n) is 5.18. The smallest absolute Gasteiger partial charge is 0.254 e. The maximum atomic E-state index is 13.8. The van der Waals surface area contributed by atoms with Crippen molar-refractivity contribution >= 4 is 11.8 Å². The van der Waals surface area contributed by atoms with Gasteiger partial charge in [0, 0.05) is 17.6 Å². The average molecular weight is 435 g/mol. The predicted molar refractivity (Wildman–Crippen MR) is 126 cm³/mol. The van der Waals surface area contributed by atoms with Crippen LogP contribution in [0.2, 0.25) is 0 Å². The Hall–Kier alpha value is -2.82. The van der Waals surface area contributed by atoms with Gasteiger partial charge in [-0.2, -0.15) is 0 Å². The van der Waals surface area contributed by atoms with Gasteiger partial charge >= 0.3 is 0 Å². The molecule has 1 aliphatic carbocycles. The number of rotatable bonds is 6. The van der Waals surface area contributed by atoms with Crippen LogP contribution in [-0.2, 0) is 4.79 Å². The molecule has 0 unspecified atom stereocenters. The number of amides is 2. The van der Waals surface area contributed by atoms with Crippen molar-refractivity contribution in [3.63, 3.8) is 0 Å². The van der Waals surface area contributed by atoms with E-state index in [2.05, 4.69) is 12.2 Å². The summed E-state index contributed by atoms with van der Waals surface area (Å²) in [4.78, 5) is 29.6. The fourth-order valence-corrected chi connectivity index (χ4v) is 5.18. The van der Waals surface area contributed by atoms with E-state index in [4.69, 9.17) is 4.74 Å². The lowest BCUT2D eigenvalue weighted by atomic mass is 9.77. The van der Waals surface area contributed by atoms with Gasteiger partial charge in [-0.3, -0.25) is 9.59 Å². The Morgan fingerprint density at radius 1 is 1.09 bits per heavy atom. The van der Waals surface area contributed by atoms with Gasteiger partial charge in [-0.25, -0.2) is 0 Å². The lowest BCUT2D eigenvalue weighted by molar-refractivity contribution is -0.125. The summed E-state index contributed by atoms with van der Waals surface area (Å²) in [6.07, 6.45) is 6.28. The van der Waals surface area contributed by atoms with Crippen LogP contribution in [0.3, 0.4) is 0 Å². The minimum Gasteiger partial charge on any atom is -0.497 e. The van der Waals surface area contributed by atoms with Gasteiger partial charge < -0.3 is 15.0 Å². The first kappa shape index (κ1) is 22.4. The fraction of sp³-hybridized carbons (Fsp3) is 0.481. The molecule has 5 nitrogen and oxygen atoms in total. The van der Waals surface area contributed by atoms with Crippen LogP contribution in [0.1, 0.15) is 85.8 Å². The molecule has 3 atom stereocenters. The SMILES string of the molecule is CC[C@H](C)NC(=O)[C@@H]1c2ccccc2C(=O)N(C2CCCCC2)[C@H]1c1ccc(OC)cc1. The summed E-state index contributed by atoms with van der Waals surface area (Å²) in [6.45, 7) is 4.09. The third-order valence-electron chi connectivity index (χ3n) is 7.09. The summed E-state index contributed by atoms with van der Waals surface area (Å²) in [7, 11) is 1.64. The summed E-state index contributed by atoms with van der Waals surface area (Å²) in [5.41, 5.74) is 2.46. The third kappa shape index (κ3) is 4.25. The number of carbonyl (C=O) groups is 2.